The van der Waals surface area contributed by atoms with E-state index in [-0.39, 0.29) is 0 Å². The predicted molar refractivity (Wildman–Crippen MR) is 47.7 cm³/mol. The molecular weight excluding hydrogens is 156 g/mol. The van der Waals surface area contributed by atoms with Gasteiger partial charge in [0, 0.05) is 6.42 Å². The van der Waals surface area contributed by atoms with Crippen LogP contribution in [0, 0.1) is 0 Å². The van der Waals surface area contributed by atoms with E-state index in [9.17, 15) is 5.11 Å². The Morgan fingerprint density at radius 3 is 1.67 bits per heavy atom. The molecule has 0 heterocycles. The van der Waals surface area contributed by atoms with Crippen LogP contribution in [0.3, 0.4) is 0 Å². The lowest BCUT2D eigenvalue weighted by Crippen LogP contribution is -2.35. The first-order chi connectivity index (χ1) is 5.68. The molecule has 0 spiro atoms. The van der Waals surface area contributed by atoms with Gasteiger partial charge < -0.3 is 14.6 Å². The molecule has 12 heavy (non-hydrogen) atoms. The van der Waals surface area contributed by atoms with Gasteiger partial charge in [-0.15, -0.1) is 0 Å². The summed E-state index contributed by atoms with van der Waals surface area (Å²) in [5.74, 6) is -1.36. The molecule has 3 heteroatoms. The molecule has 0 aromatic rings. The van der Waals surface area contributed by atoms with E-state index in [1.807, 2.05) is 20.8 Å². The average Bonchev–Trinajstić information content (AvgIpc) is 2.11. The second-order valence-electron chi connectivity index (χ2n) is 2.76. The molecule has 0 aliphatic rings. The molecule has 0 aromatic heterocycles. The molecule has 0 aliphatic heterocycles. The van der Waals surface area contributed by atoms with Gasteiger partial charge in [0.1, 0.15) is 0 Å². The van der Waals surface area contributed by atoms with E-state index < -0.39 is 5.97 Å². The van der Waals surface area contributed by atoms with Crippen LogP contribution in [0.15, 0.2) is 0 Å². The molecule has 0 saturated carbocycles. The molecular formula is C9H20O3. The molecule has 3 nitrogen and oxygen atoms in total. The molecule has 0 aromatic carbocycles. The number of rotatable bonds is 7. The summed E-state index contributed by atoms with van der Waals surface area (Å²) in [6, 6.07) is 0. The summed E-state index contributed by atoms with van der Waals surface area (Å²) in [6.07, 6.45) is 2.24. The third-order valence-corrected chi connectivity index (χ3v) is 1.51. The Morgan fingerprint density at radius 2 is 1.42 bits per heavy atom. The molecule has 1 N–H and O–H groups in total. The van der Waals surface area contributed by atoms with Crippen molar-refractivity contribution in [1.29, 1.82) is 0 Å². The third kappa shape index (κ3) is 4.70. The first-order valence-corrected chi connectivity index (χ1v) is 4.68. The predicted octanol–water partition coefficient (Wildman–Crippen LogP) is 1.90. The lowest BCUT2D eigenvalue weighted by Gasteiger charge is -2.26. The van der Waals surface area contributed by atoms with E-state index in [2.05, 4.69) is 0 Å². The fraction of sp³-hybridized carbons (Fsp3) is 1.00. The van der Waals surface area contributed by atoms with Gasteiger partial charge in [0.2, 0.25) is 0 Å². The van der Waals surface area contributed by atoms with E-state index in [1.54, 1.807) is 0 Å². The zero-order chi connectivity index (χ0) is 9.45. The fourth-order valence-corrected chi connectivity index (χ4v) is 0.769. The van der Waals surface area contributed by atoms with Crippen LogP contribution in [0.1, 0.15) is 40.0 Å². The highest BCUT2D eigenvalue weighted by molar-refractivity contribution is 4.50. The van der Waals surface area contributed by atoms with Crippen LogP contribution in [0.5, 0.6) is 0 Å². The highest BCUT2D eigenvalue weighted by atomic mass is 16.8. The summed E-state index contributed by atoms with van der Waals surface area (Å²) in [6.45, 7) is 6.90. The molecule has 0 amide bonds. The smallest absolute Gasteiger partial charge is 0.280 e. The Morgan fingerprint density at radius 1 is 1.00 bits per heavy atom. The first kappa shape index (κ1) is 11.9. The molecule has 0 bridgehead atoms. The zero-order valence-corrected chi connectivity index (χ0v) is 8.30. The largest absolute Gasteiger partial charge is 0.343 e. The summed E-state index contributed by atoms with van der Waals surface area (Å²) in [7, 11) is 0. The van der Waals surface area contributed by atoms with Crippen LogP contribution in [-0.2, 0) is 9.47 Å². The summed E-state index contributed by atoms with van der Waals surface area (Å²) in [4.78, 5) is 0. The Hall–Kier alpha value is -0.120. The molecule has 0 unspecified atom stereocenters. The summed E-state index contributed by atoms with van der Waals surface area (Å²) >= 11 is 0. The lowest BCUT2D eigenvalue weighted by atomic mass is 10.4. The SMILES string of the molecule is CCCOC(O)(CC)OCCC. The number of hydrogen-bond donors (Lipinski definition) is 1. The standard InChI is InChI=1S/C9H20O3/c1-4-7-11-9(10,6-3)12-8-5-2/h10H,4-8H2,1-3H3. The number of hydrogen-bond acceptors (Lipinski definition) is 3. The van der Waals surface area contributed by atoms with Gasteiger partial charge in [-0.3, -0.25) is 0 Å². The van der Waals surface area contributed by atoms with E-state index in [0.717, 1.165) is 12.8 Å². The van der Waals surface area contributed by atoms with Crippen molar-refractivity contribution in [3.8, 4) is 0 Å². The van der Waals surface area contributed by atoms with E-state index in [4.69, 9.17) is 9.47 Å². The van der Waals surface area contributed by atoms with Crippen LogP contribution < -0.4 is 0 Å². The van der Waals surface area contributed by atoms with Crippen LogP contribution in [0.4, 0.5) is 0 Å². The third-order valence-electron chi connectivity index (χ3n) is 1.51. The van der Waals surface area contributed by atoms with Gasteiger partial charge in [-0.2, -0.15) is 0 Å². The van der Waals surface area contributed by atoms with Crippen molar-refractivity contribution in [3.05, 3.63) is 0 Å². The van der Waals surface area contributed by atoms with Gasteiger partial charge in [0.15, 0.2) is 0 Å². The van der Waals surface area contributed by atoms with Crippen molar-refractivity contribution in [2.24, 2.45) is 0 Å². The Labute approximate surface area is 74.7 Å². The van der Waals surface area contributed by atoms with Gasteiger partial charge in [-0.25, -0.2) is 0 Å². The maximum Gasteiger partial charge on any atom is 0.280 e. The van der Waals surface area contributed by atoms with Crippen molar-refractivity contribution in [2.45, 2.75) is 46.0 Å². The van der Waals surface area contributed by atoms with Gasteiger partial charge in [0.25, 0.3) is 5.97 Å². The molecule has 0 aliphatic carbocycles. The normalized spacial score (nSPS) is 12.0. The summed E-state index contributed by atoms with van der Waals surface area (Å²) < 4.78 is 10.3. The monoisotopic (exact) mass is 176 g/mol. The minimum absolute atomic E-state index is 0.465. The molecule has 0 rings (SSSR count). The van der Waals surface area contributed by atoms with E-state index in [1.165, 1.54) is 0 Å². The minimum Gasteiger partial charge on any atom is -0.343 e. The van der Waals surface area contributed by atoms with Gasteiger partial charge in [0.05, 0.1) is 13.2 Å². The van der Waals surface area contributed by atoms with Crippen molar-refractivity contribution >= 4 is 0 Å². The topological polar surface area (TPSA) is 38.7 Å². The number of ether oxygens (including phenoxy) is 2. The number of aliphatic hydroxyl groups is 1. The van der Waals surface area contributed by atoms with Crippen LogP contribution >= 0.6 is 0 Å². The Kier molecular flexibility index (Phi) is 6.34. The fourth-order valence-electron chi connectivity index (χ4n) is 0.769. The quantitative estimate of drug-likeness (QED) is 0.602. The molecule has 0 radical (unpaired) electrons. The lowest BCUT2D eigenvalue weighted by molar-refractivity contribution is -0.361. The Bertz CT molecular complexity index is 95.9. The van der Waals surface area contributed by atoms with Crippen LogP contribution in [0.2, 0.25) is 0 Å². The second-order valence-corrected chi connectivity index (χ2v) is 2.76. The second kappa shape index (κ2) is 6.40. The first-order valence-electron chi connectivity index (χ1n) is 4.68. The molecule has 74 valence electrons. The maximum atomic E-state index is 9.64. The highest BCUT2D eigenvalue weighted by Crippen LogP contribution is 2.14. The average molecular weight is 176 g/mol. The Balaban J connectivity index is 3.70. The van der Waals surface area contributed by atoms with E-state index in [0.29, 0.717) is 19.6 Å². The van der Waals surface area contributed by atoms with Gasteiger partial charge in [-0.05, 0) is 12.8 Å². The van der Waals surface area contributed by atoms with Gasteiger partial charge >= 0.3 is 0 Å². The minimum atomic E-state index is -1.36. The zero-order valence-electron chi connectivity index (χ0n) is 8.30. The van der Waals surface area contributed by atoms with Crippen molar-refractivity contribution in [2.75, 3.05) is 13.2 Å². The van der Waals surface area contributed by atoms with Crippen molar-refractivity contribution < 1.29 is 14.6 Å². The van der Waals surface area contributed by atoms with Crippen molar-refractivity contribution in [3.63, 3.8) is 0 Å². The van der Waals surface area contributed by atoms with Crippen LogP contribution in [-0.4, -0.2) is 24.3 Å². The van der Waals surface area contributed by atoms with Crippen LogP contribution in [0.25, 0.3) is 0 Å². The molecule has 0 saturated heterocycles. The van der Waals surface area contributed by atoms with Crippen molar-refractivity contribution in [1.82, 2.24) is 0 Å². The summed E-state index contributed by atoms with van der Waals surface area (Å²) in [5.41, 5.74) is 0. The summed E-state index contributed by atoms with van der Waals surface area (Å²) in [5, 5.41) is 9.64. The molecule has 0 fully saturated rings. The van der Waals surface area contributed by atoms with E-state index >= 15 is 0 Å². The van der Waals surface area contributed by atoms with Gasteiger partial charge in [-0.1, -0.05) is 20.8 Å². The highest BCUT2D eigenvalue weighted by Gasteiger charge is 2.25. The maximum absolute atomic E-state index is 9.64. The molecule has 0 atom stereocenters.